The first-order valence-corrected chi connectivity index (χ1v) is 11.7. The molecule has 1 aliphatic carbocycles. The van der Waals surface area contributed by atoms with Gasteiger partial charge in [-0.25, -0.2) is 0 Å². The van der Waals surface area contributed by atoms with Gasteiger partial charge in [0.2, 0.25) is 0 Å². The third kappa shape index (κ3) is 4.28. The van der Waals surface area contributed by atoms with Gasteiger partial charge in [-0.2, -0.15) is 0 Å². The highest BCUT2D eigenvalue weighted by molar-refractivity contribution is 6.10. The summed E-state index contributed by atoms with van der Waals surface area (Å²) >= 11 is 0. The number of anilines is 2. The minimum absolute atomic E-state index is 0.0396. The van der Waals surface area contributed by atoms with Gasteiger partial charge in [-0.3, -0.25) is 9.59 Å². The van der Waals surface area contributed by atoms with Crippen LogP contribution >= 0.6 is 0 Å². The van der Waals surface area contributed by atoms with Crippen molar-refractivity contribution in [1.29, 1.82) is 0 Å². The monoisotopic (exact) mass is 468 g/mol. The molecule has 3 aromatic carbocycles. The number of ether oxygens (including phenoxy) is 1. The molecule has 0 amide bonds. The van der Waals surface area contributed by atoms with Crippen LogP contribution in [0.1, 0.15) is 54.2 Å². The zero-order valence-electron chi connectivity index (χ0n) is 20.0. The summed E-state index contributed by atoms with van der Waals surface area (Å²) in [6.07, 6.45) is 1.13. The summed E-state index contributed by atoms with van der Waals surface area (Å²) < 4.78 is 5.33. The molecule has 3 N–H and O–H groups in total. The van der Waals surface area contributed by atoms with Crippen molar-refractivity contribution in [2.45, 2.75) is 32.7 Å². The van der Waals surface area contributed by atoms with E-state index in [1.54, 1.807) is 36.4 Å². The summed E-state index contributed by atoms with van der Waals surface area (Å²) in [5, 5.41) is 17.1. The number of hydrogen-bond donors (Lipinski definition) is 3. The summed E-state index contributed by atoms with van der Waals surface area (Å²) in [7, 11) is 1.50. The van der Waals surface area contributed by atoms with E-state index in [-0.39, 0.29) is 22.7 Å². The van der Waals surface area contributed by atoms with Gasteiger partial charge in [0.25, 0.3) is 0 Å². The van der Waals surface area contributed by atoms with Crippen molar-refractivity contribution in [3.05, 3.63) is 94.7 Å². The Morgan fingerprint density at radius 1 is 0.971 bits per heavy atom. The molecule has 5 rings (SSSR count). The lowest BCUT2D eigenvalue weighted by Crippen LogP contribution is -2.31. The van der Waals surface area contributed by atoms with Crippen molar-refractivity contribution in [3.8, 4) is 11.5 Å². The highest BCUT2D eigenvalue weighted by Gasteiger charge is 2.39. The smallest absolute Gasteiger partial charge is 0.193 e. The zero-order valence-corrected chi connectivity index (χ0v) is 20.0. The summed E-state index contributed by atoms with van der Waals surface area (Å²) in [5.74, 6) is 0.393. The fraction of sp³-hybridized carbons (Fsp3) is 0.241. The fourth-order valence-electron chi connectivity index (χ4n) is 4.97. The molecule has 0 bridgehead atoms. The maximum Gasteiger partial charge on any atom is 0.193 e. The van der Waals surface area contributed by atoms with Gasteiger partial charge < -0.3 is 20.5 Å². The number of methoxy groups -OCH3 is 1. The number of Topliss-reactive ketones (excluding diaryl/α,β-unsaturated/α-hetero) is 1. The minimum atomic E-state index is -0.437. The van der Waals surface area contributed by atoms with E-state index in [2.05, 4.69) is 24.5 Å². The molecule has 35 heavy (non-hydrogen) atoms. The van der Waals surface area contributed by atoms with Crippen LogP contribution in [-0.4, -0.2) is 23.8 Å². The zero-order chi connectivity index (χ0) is 24.7. The van der Waals surface area contributed by atoms with E-state index in [4.69, 9.17) is 4.74 Å². The van der Waals surface area contributed by atoms with Gasteiger partial charge >= 0.3 is 0 Å². The number of carbonyl (C=O) groups is 2. The number of benzene rings is 3. The van der Waals surface area contributed by atoms with Crippen LogP contribution in [0.3, 0.4) is 0 Å². The number of phenols is 1. The molecule has 0 saturated carbocycles. The summed E-state index contributed by atoms with van der Waals surface area (Å²) in [5.41, 5.74) is 4.85. The Bertz CT molecular complexity index is 1360. The maximum absolute atomic E-state index is 13.4. The van der Waals surface area contributed by atoms with E-state index in [1.165, 1.54) is 7.11 Å². The molecule has 178 valence electrons. The van der Waals surface area contributed by atoms with Crippen LogP contribution in [-0.2, 0) is 4.79 Å². The molecule has 0 saturated heterocycles. The molecule has 0 aromatic heterocycles. The number of phenolic OH excluding ortho intramolecular Hbond substituents is 1. The number of rotatable bonds is 4. The molecule has 1 aliphatic heterocycles. The van der Waals surface area contributed by atoms with Crippen molar-refractivity contribution >= 4 is 22.9 Å². The minimum Gasteiger partial charge on any atom is -0.504 e. The number of carbonyl (C=O) groups excluding carboxylic acids is 2. The second-order valence-corrected chi connectivity index (χ2v) is 9.92. The molecule has 0 spiro atoms. The van der Waals surface area contributed by atoms with Crippen molar-refractivity contribution in [2.75, 3.05) is 17.7 Å². The van der Waals surface area contributed by atoms with Gasteiger partial charge in [0.15, 0.2) is 23.1 Å². The molecule has 2 aliphatic rings. The Kier molecular flexibility index (Phi) is 5.59. The Morgan fingerprint density at radius 2 is 1.74 bits per heavy atom. The van der Waals surface area contributed by atoms with E-state index in [9.17, 15) is 14.7 Å². The van der Waals surface area contributed by atoms with Gasteiger partial charge in [0, 0.05) is 28.8 Å². The van der Waals surface area contributed by atoms with E-state index >= 15 is 0 Å². The van der Waals surface area contributed by atoms with Gasteiger partial charge in [0.1, 0.15) is 0 Å². The topological polar surface area (TPSA) is 87.7 Å². The summed E-state index contributed by atoms with van der Waals surface area (Å²) in [4.78, 5) is 26.5. The summed E-state index contributed by atoms with van der Waals surface area (Å²) in [6, 6.07) is 19.4. The molecule has 0 radical (unpaired) electrons. The molecule has 0 unspecified atom stereocenters. The van der Waals surface area contributed by atoms with Gasteiger partial charge in [-0.05, 0) is 47.7 Å². The first-order chi connectivity index (χ1) is 16.8. The molecule has 6 nitrogen and oxygen atoms in total. The van der Waals surface area contributed by atoms with Crippen LogP contribution in [0.4, 0.5) is 11.4 Å². The van der Waals surface area contributed by atoms with Crippen molar-refractivity contribution in [2.24, 2.45) is 5.41 Å². The Morgan fingerprint density at radius 3 is 2.49 bits per heavy atom. The third-order valence-corrected chi connectivity index (χ3v) is 6.65. The van der Waals surface area contributed by atoms with E-state index in [0.717, 1.165) is 22.6 Å². The predicted molar refractivity (Wildman–Crippen MR) is 136 cm³/mol. The second-order valence-electron chi connectivity index (χ2n) is 9.92. The van der Waals surface area contributed by atoms with Crippen molar-refractivity contribution in [1.82, 2.24) is 0 Å². The van der Waals surface area contributed by atoms with Gasteiger partial charge in [0.05, 0.1) is 24.5 Å². The molecule has 0 fully saturated rings. The van der Waals surface area contributed by atoms with Crippen molar-refractivity contribution < 1.29 is 19.4 Å². The summed E-state index contributed by atoms with van der Waals surface area (Å²) in [6.45, 7) is 4.17. The van der Waals surface area contributed by atoms with E-state index < -0.39 is 6.04 Å². The van der Waals surface area contributed by atoms with Crippen LogP contribution < -0.4 is 15.4 Å². The molecule has 6 heteroatoms. The SMILES string of the molecule is COc1cc([C@@H]2Nc3ccc(C(=O)c4ccccc4)cc3NC3=C2C(=O)CC(C)(C)C3)ccc1O. The molecule has 1 atom stereocenters. The average molecular weight is 469 g/mol. The van der Waals surface area contributed by atoms with E-state index in [1.807, 2.05) is 30.3 Å². The van der Waals surface area contributed by atoms with Crippen LogP contribution in [0.5, 0.6) is 11.5 Å². The van der Waals surface area contributed by atoms with Crippen LogP contribution in [0.2, 0.25) is 0 Å². The quantitative estimate of drug-likeness (QED) is 0.416. The largest absolute Gasteiger partial charge is 0.504 e. The number of hydrogen-bond acceptors (Lipinski definition) is 6. The standard InChI is InChI=1S/C29H28N2O4/c1-29(2)15-22-26(24(33)16-29)27(18-10-12-23(32)25(14-18)35-3)31-20-11-9-19(13-21(20)30-22)28(34)17-7-5-4-6-8-17/h4-14,27,30-32H,15-16H2,1-3H3/t27-/m0/s1. The molecular formula is C29H28N2O4. The first kappa shape index (κ1) is 22.7. The van der Waals surface area contributed by atoms with Gasteiger partial charge in [-0.15, -0.1) is 0 Å². The fourth-order valence-corrected chi connectivity index (χ4v) is 4.97. The number of ketones is 2. The molecular weight excluding hydrogens is 440 g/mol. The number of fused-ring (bicyclic) bond motifs is 1. The Hall–Kier alpha value is -4.06. The predicted octanol–water partition coefficient (Wildman–Crippen LogP) is 5.85. The number of aromatic hydroxyl groups is 1. The Balaban J connectivity index is 1.62. The lowest BCUT2D eigenvalue weighted by Gasteiger charge is -2.34. The molecule has 3 aromatic rings. The lowest BCUT2D eigenvalue weighted by atomic mass is 9.73. The Labute approximate surface area is 204 Å². The lowest BCUT2D eigenvalue weighted by molar-refractivity contribution is -0.118. The normalized spacial score (nSPS) is 18.5. The number of nitrogens with one attached hydrogen (secondary N) is 2. The molecule has 1 heterocycles. The average Bonchev–Trinajstić information content (AvgIpc) is 2.99. The van der Waals surface area contributed by atoms with Crippen molar-refractivity contribution in [3.63, 3.8) is 0 Å². The highest BCUT2D eigenvalue weighted by atomic mass is 16.5. The van der Waals surface area contributed by atoms with Gasteiger partial charge in [-0.1, -0.05) is 50.2 Å². The van der Waals surface area contributed by atoms with Crippen LogP contribution in [0.15, 0.2) is 78.0 Å². The highest BCUT2D eigenvalue weighted by Crippen LogP contribution is 2.46. The third-order valence-electron chi connectivity index (χ3n) is 6.65. The van der Waals surface area contributed by atoms with Crippen LogP contribution in [0.25, 0.3) is 0 Å². The maximum atomic E-state index is 13.4. The first-order valence-electron chi connectivity index (χ1n) is 11.7. The second kappa shape index (κ2) is 8.62. The van der Waals surface area contributed by atoms with Crippen LogP contribution in [0, 0.1) is 5.41 Å². The van der Waals surface area contributed by atoms with E-state index in [0.29, 0.717) is 35.3 Å². The number of allylic oxidation sites excluding steroid dienone is 1.